The SMILES string of the molecule is COc1cc(/C=C2\N=C(c3ccccc3C)OC2=O)cc(Br)c1OCc1ccccc1C. The van der Waals surface area contributed by atoms with Crippen molar-refractivity contribution >= 4 is 33.9 Å². The third-order valence-electron chi connectivity index (χ3n) is 5.18. The Balaban J connectivity index is 1.61. The average Bonchev–Trinajstić information content (AvgIpc) is 3.14. The molecule has 3 aromatic rings. The fraction of sp³-hybridized carbons (Fsp3) is 0.154. The van der Waals surface area contributed by atoms with E-state index in [1.807, 2.05) is 68.4 Å². The molecule has 3 aromatic carbocycles. The maximum atomic E-state index is 12.4. The summed E-state index contributed by atoms with van der Waals surface area (Å²) in [5, 5.41) is 0. The molecule has 0 aromatic heterocycles. The minimum absolute atomic E-state index is 0.228. The molecule has 4 rings (SSSR count). The summed E-state index contributed by atoms with van der Waals surface area (Å²) in [5.41, 5.74) is 5.00. The lowest BCUT2D eigenvalue weighted by Crippen LogP contribution is -2.06. The van der Waals surface area contributed by atoms with E-state index in [0.29, 0.717) is 28.5 Å². The summed E-state index contributed by atoms with van der Waals surface area (Å²) in [6.45, 7) is 4.41. The van der Waals surface area contributed by atoms with E-state index in [2.05, 4.69) is 20.9 Å². The van der Waals surface area contributed by atoms with E-state index in [0.717, 1.165) is 27.8 Å². The second kappa shape index (κ2) is 9.40. The van der Waals surface area contributed by atoms with Gasteiger partial charge in [-0.25, -0.2) is 9.79 Å². The van der Waals surface area contributed by atoms with E-state index in [-0.39, 0.29) is 5.70 Å². The maximum Gasteiger partial charge on any atom is 0.363 e. The topological polar surface area (TPSA) is 57.1 Å². The molecule has 0 unspecified atom stereocenters. The van der Waals surface area contributed by atoms with Gasteiger partial charge in [0.05, 0.1) is 11.6 Å². The van der Waals surface area contributed by atoms with E-state index in [4.69, 9.17) is 14.2 Å². The fourth-order valence-corrected chi connectivity index (χ4v) is 3.95. The molecule has 0 spiro atoms. The van der Waals surface area contributed by atoms with Crippen LogP contribution in [0.15, 0.2) is 75.8 Å². The molecule has 1 heterocycles. The van der Waals surface area contributed by atoms with Crippen molar-refractivity contribution in [2.24, 2.45) is 4.99 Å². The van der Waals surface area contributed by atoms with Crippen LogP contribution in [-0.4, -0.2) is 19.0 Å². The van der Waals surface area contributed by atoms with Crippen molar-refractivity contribution in [3.8, 4) is 11.5 Å². The zero-order valence-corrected chi connectivity index (χ0v) is 19.6. The van der Waals surface area contributed by atoms with Gasteiger partial charge in [-0.3, -0.25) is 0 Å². The molecule has 32 heavy (non-hydrogen) atoms. The molecule has 0 atom stereocenters. The highest BCUT2D eigenvalue weighted by Gasteiger charge is 2.25. The van der Waals surface area contributed by atoms with Crippen LogP contribution in [0.5, 0.6) is 11.5 Å². The Kier molecular flexibility index (Phi) is 6.42. The molecule has 0 saturated carbocycles. The van der Waals surface area contributed by atoms with Gasteiger partial charge < -0.3 is 14.2 Å². The predicted octanol–water partition coefficient (Wildman–Crippen LogP) is 6.00. The normalized spacial score (nSPS) is 14.3. The van der Waals surface area contributed by atoms with Crippen molar-refractivity contribution in [1.82, 2.24) is 0 Å². The Labute approximate surface area is 195 Å². The van der Waals surface area contributed by atoms with Crippen LogP contribution < -0.4 is 9.47 Å². The van der Waals surface area contributed by atoms with Crippen LogP contribution in [0.1, 0.15) is 27.8 Å². The standard InChI is InChI=1S/C26H22BrNO4/c1-16-8-4-6-10-19(16)15-31-24-21(27)12-18(14-23(24)30-3)13-22-26(29)32-25(28-22)20-11-7-5-9-17(20)2/h4-14H,15H2,1-3H3/b22-13-. The summed E-state index contributed by atoms with van der Waals surface area (Å²) in [6.07, 6.45) is 1.67. The molecule has 0 aliphatic carbocycles. The third-order valence-corrected chi connectivity index (χ3v) is 5.77. The number of benzene rings is 3. The minimum atomic E-state index is -0.488. The van der Waals surface area contributed by atoms with Crippen LogP contribution >= 0.6 is 15.9 Å². The molecule has 0 N–H and O–H groups in total. The second-order valence-corrected chi connectivity index (χ2v) is 8.25. The molecule has 0 saturated heterocycles. The number of methoxy groups -OCH3 is 1. The summed E-state index contributed by atoms with van der Waals surface area (Å²) in [4.78, 5) is 16.8. The molecular weight excluding hydrogens is 470 g/mol. The summed E-state index contributed by atoms with van der Waals surface area (Å²) in [7, 11) is 1.58. The van der Waals surface area contributed by atoms with Crippen molar-refractivity contribution in [1.29, 1.82) is 0 Å². The molecular formula is C26H22BrNO4. The lowest BCUT2D eigenvalue weighted by atomic mass is 10.1. The summed E-state index contributed by atoms with van der Waals surface area (Å²) < 4.78 is 17.7. The van der Waals surface area contributed by atoms with Gasteiger partial charge >= 0.3 is 5.97 Å². The Morgan fingerprint density at radius 2 is 1.75 bits per heavy atom. The molecule has 6 heteroatoms. The Bertz CT molecular complexity index is 1250. The highest BCUT2D eigenvalue weighted by Crippen LogP contribution is 2.38. The van der Waals surface area contributed by atoms with Crippen LogP contribution in [0.4, 0.5) is 0 Å². The predicted molar refractivity (Wildman–Crippen MR) is 128 cm³/mol. The van der Waals surface area contributed by atoms with Crippen molar-refractivity contribution in [3.05, 3.63) is 98.7 Å². The van der Waals surface area contributed by atoms with Crippen LogP contribution in [0, 0.1) is 13.8 Å². The number of aliphatic imine (C=N–C) groups is 1. The summed E-state index contributed by atoms with van der Waals surface area (Å²) in [6, 6.07) is 19.4. The monoisotopic (exact) mass is 491 g/mol. The van der Waals surface area contributed by atoms with Gasteiger partial charge in [-0.2, -0.15) is 0 Å². The minimum Gasteiger partial charge on any atom is -0.493 e. The van der Waals surface area contributed by atoms with Gasteiger partial charge in [0.15, 0.2) is 17.2 Å². The molecule has 1 aliphatic heterocycles. The molecule has 0 radical (unpaired) electrons. The number of hydrogen-bond acceptors (Lipinski definition) is 5. The fourth-order valence-electron chi connectivity index (χ4n) is 3.38. The van der Waals surface area contributed by atoms with Gasteiger partial charge in [-0.15, -0.1) is 0 Å². The van der Waals surface area contributed by atoms with E-state index >= 15 is 0 Å². The van der Waals surface area contributed by atoms with E-state index in [1.54, 1.807) is 19.3 Å². The number of halogens is 1. The Morgan fingerprint density at radius 3 is 2.47 bits per heavy atom. The second-order valence-electron chi connectivity index (χ2n) is 7.40. The lowest BCUT2D eigenvalue weighted by molar-refractivity contribution is -0.129. The van der Waals surface area contributed by atoms with E-state index in [9.17, 15) is 4.79 Å². The zero-order valence-electron chi connectivity index (χ0n) is 18.0. The van der Waals surface area contributed by atoms with Gasteiger partial charge in [-0.05, 0) is 76.3 Å². The Hall–Kier alpha value is -3.38. The highest BCUT2D eigenvalue weighted by atomic mass is 79.9. The van der Waals surface area contributed by atoms with Gasteiger partial charge in [0.25, 0.3) is 0 Å². The van der Waals surface area contributed by atoms with Crippen LogP contribution in [0.2, 0.25) is 0 Å². The van der Waals surface area contributed by atoms with Crippen LogP contribution in [0.25, 0.3) is 6.08 Å². The first kappa shape index (κ1) is 21.8. The van der Waals surface area contributed by atoms with Crippen molar-refractivity contribution < 1.29 is 19.0 Å². The van der Waals surface area contributed by atoms with E-state index in [1.165, 1.54) is 0 Å². The highest BCUT2D eigenvalue weighted by molar-refractivity contribution is 9.10. The average molecular weight is 492 g/mol. The third kappa shape index (κ3) is 4.60. The van der Waals surface area contributed by atoms with Crippen molar-refractivity contribution in [3.63, 3.8) is 0 Å². The van der Waals surface area contributed by atoms with Crippen LogP contribution in [0.3, 0.4) is 0 Å². The number of rotatable bonds is 6. The Morgan fingerprint density at radius 1 is 1.03 bits per heavy atom. The smallest absolute Gasteiger partial charge is 0.363 e. The van der Waals surface area contributed by atoms with Crippen LogP contribution in [-0.2, 0) is 16.1 Å². The first-order valence-electron chi connectivity index (χ1n) is 10.1. The quantitative estimate of drug-likeness (QED) is 0.313. The molecule has 0 fully saturated rings. The number of cyclic esters (lactones) is 1. The maximum absolute atomic E-state index is 12.4. The molecule has 0 bridgehead atoms. The first-order chi connectivity index (χ1) is 15.5. The summed E-state index contributed by atoms with van der Waals surface area (Å²) in [5.74, 6) is 0.965. The summed E-state index contributed by atoms with van der Waals surface area (Å²) >= 11 is 3.57. The number of nitrogens with zero attached hydrogens (tertiary/aromatic N) is 1. The van der Waals surface area contributed by atoms with Crippen molar-refractivity contribution in [2.45, 2.75) is 20.5 Å². The first-order valence-corrected chi connectivity index (χ1v) is 10.9. The van der Waals surface area contributed by atoms with Gasteiger partial charge in [-0.1, -0.05) is 42.5 Å². The molecule has 5 nitrogen and oxygen atoms in total. The number of carbonyl (C=O) groups is 1. The van der Waals surface area contributed by atoms with E-state index < -0.39 is 5.97 Å². The number of hydrogen-bond donors (Lipinski definition) is 0. The largest absolute Gasteiger partial charge is 0.493 e. The molecule has 162 valence electrons. The van der Waals surface area contributed by atoms with Gasteiger partial charge in [0, 0.05) is 5.56 Å². The van der Waals surface area contributed by atoms with Gasteiger partial charge in [0.2, 0.25) is 5.90 Å². The van der Waals surface area contributed by atoms with Gasteiger partial charge in [0.1, 0.15) is 6.61 Å². The number of esters is 1. The zero-order chi connectivity index (χ0) is 22.7. The van der Waals surface area contributed by atoms with Crippen molar-refractivity contribution in [2.75, 3.05) is 7.11 Å². The molecule has 0 amide bonds. The number of ether oxygens (including phenoxy) is 3. The number of carbonyl (C=O) groups excluding carboxylic acids is 1. The number of aryl methyl sites for hydroxylation is 2. The lowest BCUT2D eigenvalue weighted by Gasteiger charge is -2.14. The molecule has 1 aliphatic rings.